The Kier molecular flexibility index (Phi) is 3.27. The quantitative estimate of drug-likeness (QED) is 0.903. The smallest absolute Gasteiger partial charge is 0.170 e. The molecule has 5 nitrogen and oxygen atoms in total. The van der Waals surface area contributed by atoms with Crippen molar-refractivity contribution in [3.8, 4) is 0 Å². The van der Waals surface area contributed by atoms with Crippen molar-refractivity contribution in [1.29, 1.82) is 5.41 Å². The number of amidine groups is 1. The first-order chi connectivity index (χ1) is 12.1. The van der Waals surface area contributed by atoms with Crippen LogP contribution in [0.2, 0.25) is 0 Å². The van der Waals surface area contributed by atoms with E-state index in [2.05, 4.69) is 16.9 Å². The second kappa shape index (κ2) is 5.41. The fraction of sp³-hybridized carbons (Fsp3) is 0.550. The molecule has 5 rings (SSSR count). The molecular weight excluding hydrogens is 312 g/mol. The van der Waals surface area contributed by atoms with Crippen LogP contribution in [0.15, 0.2) is 24.3 Å². The van der Waals surface area contributed by atoms with Crippen molar-refractivity contribution in [3.63, 3.8) is 0 Å². The number of Topliss-reactive ketones (excluding diaryl/α,β-unsaturated/α-hetero) is 1. The average Bonchev–Trinajstić information content (AvgIpc) is 3.36. The Hall–Kier alpha value is -2.17. The molecule has 1 saturated heterocycles. The first-order valence-electron chi connectivity index (χ1n) is 9.44. The highest BCUT2D eigenvalue weighted by atomic mass is 16.1. The largest absolute Gasteiger partial charge is 0.349 e. The lowest BCUT2D eigenvalue weighted by Gasteiger charge is -2.35. The lowest BCUT2D eigenvalue weighted by Crippen LogP contribution is -2.41. The Balaban J connectivity index is 1.41. The number of aromatic amines is 1. The van der Waals surface area contributed by atoms with E-state index >= 15 is 0 Å². The molecule has 2 bridgehead atoms. The Bertz CT molecular complexity index is 823. The van der Waals surface area contributed by atoms with Gasteiger partial charge in [0, 0.05) is 6.04 Å². The number of hydrogen-bond donors (Lipinski definition) is 2. The Morgan fingerprint density at radius 1 is 1.28 bits per heavy atom. The number of carbonyl (C=O) groups is 1. The highest BCUT2D eigenvalue weighted by Crippen LogP contribution is 2.50. The maximum atomic E-state index is 12.7. The van der Waals surface area contributed by atoms with Gasteiger partial charge in [0.05, 0.1) is 17.6 Å². The summed E-state index contributed by atoms with van der Waals surface area (Å²) in [4.78, 5) is 22.6. The second-order valence-corrected chi connectivity index (χ2v) is 8.13. The molecule has 2 heterocycles. The number of imidazole rings is 1. The molecule has 3 fully saturated rings. The molecule has 130 valence electrons. The summed E-state index contributed by atoms with van der Waals surface area (Å²) < 4.78 is 0. The molecule has 5 unspecified atom stereocenters. The van der Waals surface area contributed by atoms with Gasteiger partial charge in [-0.15, -0.1) is 0 Å². The Morgan fingerprint density at radius 3 is 2.84 bits per heavy atom. The number of nitrogens with one attached hydrogen (secondary N) is 2. The highest BCUT2D eigenvalue weighted by molar-refractivity contribution is 6.14. The highest BCUT2D eigenvalue weighted by Gasteiger charge is 2.47. The minimum Gasteiger partial charge on any atom is -0.349 e. The summed E-state index contributed by atoms with van der Waals surface area (Å²) in [6.07, 6.45) is 5.35. The molecule has 0 radical (unpaired) electrons. The van der Waals surface area contributed by atoms with Crippen LogP contribution < -0.4 is 0 Å². The van der Waals surface area contributed by atoms with Crippen LogP contribution >= 0.6 is 0 Å². The van der Waals surface area contributed by atoms with Crippen molar-refractivity contribution >= 4 is 22.7 Å². The summed E-state index contributed by atoms with van der Waals surface area (Å²) in [7, 11) is 0. The summed E-state index contributed by atoms with van der Waals surface area (Å²) in [6.45, 7) is 2.57. The average molecular weight is 336 g/mol. The topological polar surface area (TPSA) is 72.8 Å². The zero-order valence-electron chi connectivity index (χ0n) is 14.5. The zero-order valence-corrected chi connectivity index (χ0v) is 14.5. The summed E-state index contributed by atoms with van der Waals surface area (Å²) in [6, 6.07) is 8.08. The maximum Gasteiger partial charge on any atom is 0.170 e. The maximum absolute atomic E-state index is 12.7. The van der Waals surface area contributed by atoms with E-state index in [4.69, 9.17) is 5.41 Å². The lowest BCUT2D eigenvalue weighted by atomic mass is 9.83. The van der Waals surface area contributed by atoms with Gasteiger partial charge in [0.1, 0.15) is 17.6 Å². The van der Waals surface area contributed by atoms with Gasteiger partial charge in [-0.1, -0.05) is 18.6 Å². The molecule has 2 aromatic rings. The predicted molar refractivity (Wildman–Crippen MR) is 96.7 cm³/mol. The molecule has 2 N–H and O–H groups in total. The zero-order chi connectivity index (χ0) is 17.1. The minimum absolute atomic E-state index is 0.0964. The van der Waals surface area contributed by atoms with E-state index in [9.17, 15) is 4.79 Å². The number of carbonyl (C=O) groups excluding carboxylic acids is 1. The molecule has 2 saturated carbocycles. The van der Waals surface area contributed by atoms with Crippen molar-refractivity contribution in [2.45, 2.75) is 44.6 Å². The van der Waals surface area contributed by atoms with Crippen LogP contribution in [0.25, 0.3) is 11.0 Å². The third-order valence-corrected chi connectivity index (χ3v) is 6.82. The molecule has 25 heavy (non-hydrogen) atoms. The number of hydrogen-bond acceptors (Lipinski definition) is 3. The van der Waals surface area contributed by atoms with E-state index in [0.717, 1.165) is 22.9 Å². The van der Waals surface area contributed by atoms with Gasteiger partial charge in [0.15, 0.2) is 5.78 Å². The molecule has 1 aromatic carbocycles. The number of nitrogens with zero attached hydrogens (tertiary/aromatic N) is 2. The number of H-pyrrole nitrogens is 1. The third-order valence-electron chi connectivity index (χ3n) is 6.82. The monoisotopic (exact) mass is 336 g/mol. The Labute approximate surface area is 147 Å². The van der Waals surface area contributed by atoms with Crippen LogP contribution in [0, 0.1) is 23.2 Å². The van der Waals surface area contributed by atoms with Crippen LogP contribution in [0.4, 0.5) is 0 Å². The SMILES string of the molecule is CC(C1CC2CCC1C2)N1CC(=O)C(c2nc3ccccc3[nH]2)C1=N. The van der Waals surface area contributed by atoms with E-state index < -0.39 is 5.92 Å². The molecular formula is C20H24N4O. The lowest BCUT2D eigenvalue weighted by molar-refractivity contribution is -0.118. The van der Waals surface area contributed by atoms with E-state index in [-0.39, 0.29) is 11.8 Å². The molecule has 1 aliphatic heterocycles. The van der Waals surface area contributed by atoms with Gasteiger partial charge in [-0.25, -0.2) is 4.98 Å². The van der Waals surface area contributed by atoms with Crippen molar-refractivity contribution in [2.24, 2.45) is 17.8 Å². The number of ketones is 1. The number of benzene rings is 1. The fourth-order valence-electron chi connectivity index (χ4n) is 5.53. The molecule has 5 heteroatoms. The number of para-hydroxylation sites is 2. The van der Waals surface area contributed by atoms with Crippen LogP contribution in [0.5, 0.6) is 0 Å². The third kappa shape index (κ3) is 2.25. The molecule has 1 aromatic heterocycles. The van der Waals surface area contributed by atoms with Crippen LogP contribution in [-0.2, 0) is 4.79 Å². The summed E-state index contributed by atoms with van der Waals surface area (Å²) in [5, 5.41) is 8.68. The van der Waals surface area contributed by atoms with Crippen LogP contribution in [0.3, 0.4) is 0 Å². The fourth-order valence-corrected chi connectivity index (χ4v) is 5.53. The molecule has 0 spiro atoms. The van der Waals surface area contributed by atoms with Gasteiger partial charge in [-0.2, -0.15) is 0 Å². The molecule has 3 aliphatic rings. The van der Waals surface area contributed by atoms with Gasteiger partial charge in [0.2, 0.25) is 0 Å². The number of aromatic nitrogens is 2. The second-order valence-electron chi connectivity index (χ2n) is 8.13. The molecule has 5 atom stereocenters. The Morgan fingerprint density at radius 2 is 2.12 bits per heavy atom. The number of fused-ring (bicyclic) bond motifs is 3. The van der Waals surface area contributed by atoms with Crippen LogP contribution in [0.1, 0.15) is 44.3 Å². The van der Waals surface area contributed by atoms with E-state index in [1.165, 1.54) is 25.7 Å². The standard InChI is InChI=1S/C20H24N4O/c1-11(14-9-12-6-7-13(14)8-12)24-10-17(25)18(19(24)21)20-22-15-4-2-3-5-16(15)23-20/h2-5,11-14,18,21H,6-10H2,1H3,(H,22,23). The normalized spacial score (nSPS) is 32.9. The minimum atomic E-state index is -0.534. The van der Waals surface area contributed by atoms with E-state index in [1.807, 2.05) is 29.2 Å². The van der Waals surface area contributed by atoms with Crippen LogP contribution in [-0.4, -0.2) is 39.1 Å². The number of rotatable bonds is 3. The predicted octanol–water partition coefficient (Wildman–Crippen LogP) is 3.33. The van der Waals surface area contributed by atoms with E-state index in [0.29, 0.717) is 24.1 Å². The molecule has 2 aliphatic carbocycles. The van der Waals surface area contributed by atoms with Crippen molar-refractivity contribution in [1.82, 2.24) is 14.9 Å². The van der Waals surface area contributed by atoms with Gasteiger partial charge in [0.25, 0.3) is 0 Å². The van der Waals surface area contributed by atoms with Crippen molar-refractivity contribution in [2.75, 3.05) is 6.54 Å². The summed E-state index contributed by atoms with van der Waals surface area (Å²) >= 11 is 0. The molecule has 0 amide bonds. The number of likely N-dealkylation sites (tertiary alicyclic amines) is 1. The first kappa shape index (κ1) is 15.1. The van der Waals surface area contributed by atoms with Crippen molar-refractivity contribution < 1.29 is 4.79 Å². The van der Waals surface area contributed by atoms with Crippen molar-refractivity contribution in [3.05, 3.63) is 30.1 Å². The van der Waals surface area contributed by atoms with Gasteiger partial charge in [-0.05, 0) is 56.1 Å². The van der Waals surface area contributed by atoms with Gasteiger partial charge < -0.3 is 9.88 Å². The van der Waals surface area contributed by atoms with Gasteiger partial charge in [-0.3, -0.25) is 10.2 Å². The summed E-state index contributed by atoms with van der Waals surface area (Å²) in [5.74, 6) is 2.94. The first-order valence-corrected chi connectivity index (χ1v) is 9.44. The summed E-state index contributed by atoms with van der Waals surface area (Å²) in [5.41, 5.74) is 1.79. The van der Waals surface area contributed by atoms with Gasteiger partial charge >= 0.3 is 0 Å². The van der Waals surface area contributed by atoms with E-state index in [1.54, 1.807) is 0 Å².